The average Bonchev–Trinajstić information content (AvgIpc) is 2.43. The lowest BCUT2D eigenvalue weighted by Gasteiger charge is -2.12. The van der Waals surface area contributed by atoms with Crippen molar-refractivity contribution in [1.82, 2.24) is 5.32 Å². The topological polar surface area (TPSA) is 73.9 Å². The fraction of sp³-hybridized carbons (Fsp3) is 0.571. The normalized spacial score (nSPS) is 11.4. The monoisotopic (exact) mass is 317 g/mol. The highest BCUT2D eigenvalue weighted by molar-refractivity contribution is 7.90. The van der Waals surface area contributed by atoms with Crippen LogP contribution in [0.15, 0.2) is 18.2 Å². The van der Waals surface area contributed by atoms with Crippen molar-refractivity contribution < 1.29 is 22.6 Å². The molecule has 0 unspecified atom stereocenters. The highest BCUT2D eigenvalue weighted by Gasteiger charge is 2.08. The molecule has 0 aromatic heterocycles. The van der Waals surface area contributed by atoms with Gasteiger partial charge in [-0.05, 0) is 17.7 Å². The molecule has 120 valence electrons. The van der Waals surface area contributed by atoms with Gasteiger partial charge in [0.1, 0.15) is 6.61 Å². The van der Waals surface area contributed by atoms with Crippen molar-refractivity contribution in [3.8, 4) is 11.5 Å². The molecule has 0 saturated heterocycles. The van der Waals surface area contributed by atoms with Gasteiger partial charge in [-0.1, -0.05) is 6.07 Å². The minimum absolute atomic E-state index is 0.0174. The quantitative estimate of drug-likeness (QED) is 0.645. The van der Waals surface area contributed by atoms with Crippen molar-refractivity contribution in [2.75, 3.05) is 46.0 Å². The molecule has 1 aromatic rings. The van der Waals surface area contributed by atoms with Crippen LogP contribution in [0.4, 0.5) is 0 Å². The van der Waals surface area contributed by atoms with Crippen LogP contribution < -0.4 is 14.8 Å². The number of hydrogen-bond acceptors (Lipinski definition) is 6. The van der Waals surface area contributed by atoms with Crippen molar-refractivity contribution in [2.45, 2.75) is 6.54 Å². The largest absolute Gasteiger partial charge is 0.493 e. The molecular weight excluding hydrogens is 294 g/mol. The van der Waals surface area contributed by atoms with Gasteiger partial charge in [0.15, 0.2) is 21.3 Å². The van der Waals surface area contributed by atoms with Crippen LogP contribution in [0.3, 0.4) is 0 Å². The van der Waals surface area contributed by atoms with Crippen molar-refractivity contribution in [3.05, 3.63) is 23.8 Å². The SMILES string of the molecule is COCCNCc1ccc(OCCS(C)(=O)=O)c(OC)c1. The number of rotatable bonds is 10. The Labute approximate surface area is 126 Å². The molecule has 0 aliphatic heterocycles. The van der Waals surface area contributed by atoms with Gasteiger partial charge < -0.3 is 19.5 Å². The Balaban J connectivity index is 2.57. The molecule has 1 rings (SSSR count). The molecule has 21 heavy (non-hydrogen) atoms. The highest BCUT2D eigenvalue weighted by atomic mass is 32.2. The van der Waals surface area contributed by atoms with E-state index in [4.69, 9.17) is 14.2 Å². The smallest absolute Gasteiger partial charge is 0.161 e. The van der Waals surface area contributed by atoms with Crippen LogP contribution in [0.2, 0.25) is 0 Å². The third-order valence-corrected chi connectivity index (χ3v) is 3.66. The molecule has 1 aromatic carbocycles. The summed E-state index contributed by atoms with van der Waals surface area (Å²) in [5.41, 5.74) is 1.05. The zero-order valence-electron chi connectivity index (χ0n) is 12.7. The van der Waals surface area contributed by atoms with E-state index in [9.17, 15) is 8.42 Å². The first-order valence-electron chi connectivity index (χ1n) is 6.63. The summed E-state index contributed by atoms with van der Waals surface area (Å²) in [5.74, 6) is 1.12. The summed E-state index contributed by atoms with van der Waals surface area (Å²) in [6.07, 6.45) is 1.18. The minimum atomic E-state index is -3.03. The standard InChI is InChI=1S/C14H23NO5S/c1-18-7-6-15-11-12-4-5-13(14(10-12)19-2)20-8-9-21(3,16)17/h4-5,10,15H,6-9,11H2,1-3H3. The van der Waals surface area contributed by atoms with E-state index in [1.54, 1.807) is 20.3 Å². The zero-order valence-corrected chi connectivity index (χ0v) is 13.5. The Morgan fingerprint density at radius 2 is 1.90 bits per heavy atom. The van der Waals surface area contributed by atoms with Crippen LogP contribution in [-0.4, -0.2) is 54.4 Å². The van der Waals surface area contributed by atoms with Crippen LogP contribution in [0, 0.1) is 0 Å². The van der Waals surface area contributed by atoms with Crippen LogP contribution in [0.25, 0.3) is 0 Å². The molecule has 0 amide bonds. The Kier molecular flexibility index (Phi) is 7.49. The summed E-state index contributed by atoms with van der Waals surface area (Å²) in [7, 11) is 0.189. The van der Waals surface area contributed by atoms with E-state index in [0.717, 1.165) is 12.1 Å². The van der Waals surface area contributed by atoms with Gasteiger partial charge in [0, 0.05) is 26.5 Å². The number of ether oxygens (including phenoxy) is 3. The molecule has 0 aliphatic rings. The third-order valence-electron chi connectivity index (χ3n) is 2.75. The second kappa shape index (κ2) is 8.86. The van der Waals surface area contributed by atoms with E-state index in [1.807, 2.05) is 12.1 Å². The third kappa shape index (κ3) is 7.31. The molecule has 0 spiro atoms. The van der Waals surface area contributed by atoms with E-state index in [1.165, 1.54) is 6.26 Å². The Morgan fingerprint density at radius 3 is 2.52 bits per heavy atom. The minimum Gasteiger partial charge on any atom is -0.493 e. The van der Waals surface area contributed by atoms with Gasteiger partial charge in [0.05, 0.1) is 19.5 Å². The highest BCUT2D eigenvalue weighted by Crippen LogP contribution is 2.28. The molecule has 0 fully saturated rings. The average molecular weight is 317 g/mol. The molecule has 0 aliphatic carbocycles. The molecule has 1 N–H and O–H groups in total. The summed E-state index contributed by atoms with van der Waals surface area (Å²) >= 11 is 0. The van der Waals surface area contributed by atoms with E-state index in [-0.39, 0.29) is 12.4 Å². The maximum Gasteiger partial charge on any atom is 0.161 e. The van der Waals surface area contributed by atoms with Crippen molar-refractivity contribution in [2.24, 2.45) is 0 Å². The summed E-state index contributed by atoms with van der Waals surface area (Å²) in [5, 5.41) is 3.24. The lowest BCUT2D eigenvalue weighted by atomic mass is 10.2. The fourth-order valence-corrected chi connectivity index (χ4v) is 2.04. The molecule has 6 nitrogen and oxygen atoms in total. The predicted octanol–water partition coefficient (Wildman–Crippen LogP) is 0.855. The number of methoxy groups -OCH3 is 2. The van der Waals surface area contributed by atoms with Gasteiger partial charge >= 0.3 is 0 Å². The first kappa shape index (κ1) is 17.7. The zero-order chi connectivity index (χ0) is 15.7. The van der Waals surface area contributed by atoms with Gasteiger partial charge in [0.25, 0.3) is 0 Å². The Bertz CT molecular complexity index is 530. The van der Waals surface area contributed by atoms with Crippen LogP contribution in [-0.2, 0) is 21.1 Å². The maximum absolute atomic E-state index is 11.1. The van der Waals surface area contributed by atoms with Gasteiger partial charge in [-0.2, -0.15) is 0 Å². The van der Waals surface area contributed by atoms with Crippen molar-refractivity contribution >= 4 is 9.84 Å². The van der Waals surface area contributed by atoms with E-state index in [2.05, 4.69) is 5.32 Å². The van der Waals surface area contributed by atoms with Crippen molar-refractivity contribution in [3.63, 3.8) is 0 Å². The van der Waals surface area contributed by atoms with Gasteiger partial charge in [-0.3, -0.25) is 0 Å². The van der Waals surface area contributed by atoms with Gasteiger partial charge in [-0.25, -0.2) is 8.42 Å². The lowest BCUT2D eigenvalue weighted by Crippen LogP contribution is -2.18. The van der Waals surface area contributed by atoms with E-state index < -0.39 is 9.84 Å². The van der Waals surface area contributed by atoms with Crippen LogP contribution in [0.1, 0.15) is 5.56 Å². The number of sulfone groups is 1. The predicted molar refractivity (Wildman–Crippen MR) is 81.8 cm³/mol. The summed E-state index contributed by atoms with van der Waals surface area (Å²) in [4.78, 5) is 0. The van der Waals surface area contributed by atoms with Crippen LogP contribution in [0.5, 0.6) is 11.5 Å². The van der Waals surface area contributed by atoms with Crippen molar-refractivity contribution in [1.29, 1.82) is 0 Å². The molecule has 0 bridgehead atoms. The number of benzene rings is 1. The first-order valence-corrected chi connectivity index (χ1v) is 8.69. The second-order valence-electron chi connectivity index (χ2n) is 4.63. The van der Waals surface area contributed by atoms with Gasteiger partial charge in [0.2, 0.25) is 0 Å². The Hall–Kier alpha value is -1.31. The molecule has 0 atom stereocenters. The summed E-state index contributed by atoms with van der Waals surface area (Å²) in [6, 6.07) is 5.57. The maximum atomic E-state index is 11.1. The fourth-order valence-electron chi connectivity index (χ4n) is 1.65. The van der Waals surface area contributed by atoms with Gasteiger partial charge in [-0.15, -0.1) is 0 Å². The summed E-state index contributed by atoms with van der Waals surface area (Å²) < 4.78 is 37.8. The van der Waals surface area contributed by atoms with E-state index in [0.29, 0.717) is 24.7 Å². The molecule has 7 heteroatoms. The summed E-state index contributed by atoms with van der Waals surface area (Å²) in [6.45, 7) is 2.24. The first-order chi connectivity index (χ1) is 9.96. The number of hydrogen-bond donors (Lipinski definition) is 1. The molecule has 0 heterocycles. The number of nitrogens with one attached hydrogen (secondary N) is 1. The van der Waals surface area contributed by atoms with E-state index >= 15 is 0 Å². The molecule has 0 saturated carbocycles. The Morgan fingerprint density at radius 1 is 1.14 bits per heavy atom. The van der Waals surface area contributed by atoms with Crippen LogP contribution >= 0.6 is 0 Å². The molecule has 0 radical (unpaired) electrons. The molecular formula is C14H23NO5S. The second-order valence-corrected chi connectivity index (χ2v) is 6.89. The lowest BCUT2D eigenvalue weighted by molar-refractivity contribution is 0.199.